The Morgan fingerprint density at radius 2 is 0.803 bits per heavy atom. The van der Waals surface area contributed by atoms with E-state index in [1.165, 1.54) is 164 Å². The van der Waals surface area contributed by atoms with Gasteiger partial charge in [0.15, 0.2) is 23.3 Å². The van der Waals surface area contributed by atoms with Crippen molar-refractivity contribution >= 4 is 11.1 Å². The average molecular weight is 835 g/mol. The SMILES string of the molecule is CCCCCCCC1CCC(C(=CCOCC=C(c2ccc(-c3ccc(F)c(F)c3)cc2)C2CCC(CCCCCCC)CC2)c2ccc(-c3ccc(F)c(F)c3)cc2)CC1. The number of benzene rings is 4. The van der Waals surface area contributed by atoms with Crippen LogP contribution in [0.1, 0.15) is 153 Å². The number of unbranched alkanes of at least 4 members (excludes halogenated alkanes) is 8. The molecule has 0 unspecified atom stereocenters. The van der Waals surface area contributed by atoms with Crippen LogP contribution >= 0.6 is 0 Å². The Balaban J connectivity index is 1.15. The molecule has 2 aliphatic carbocycles. The van der Waals surface area contributed by atoms with Crippen LogP contribution in [0.3, 0.4) is 0 Å². The van der Waals surface area contributed by atoms with Gasteiger partial charge in [-0.1, -0.05) is 164 Å². The van der Waals surface area contributed by atoms with E-state index in [1.54, 1.807) is 12.1 Å². The van der Waals surface area contributed by atoms with Gasteiger partial charge in [-0.15, -0.1) is 0 Å². The predicted octanol–water partition coefficient (Wildman–Crippen LogP) is 17.4. The minimum absolute atomic E-state index is 0.454. The van der Waals surface area contributed by atoms with Crippen LogP contribution < -0.4 is 0 Å². The van der Waals surface area contributed by atoms with Gasteiger partial charge in [0.25, 0.3) is 0 Å². The van der Waals surface area contributed by atoms with Gasteiger partial charge in [-0.25, -0.2) is 17.6 Å². The Morgan fingerprint density at radius 1 is 0.443 bits per heavy atom. The van der Waals surface area contributed by atoms with Gasteiger partial charge >= 0.3 is 0 Å². The second-order valence-electron chi connectivity index (χ2n) is 18.1. The molecule has 0 radical (unpaired) electrons. The largest absolute Gasteiger partial charge is 0.373 e. The summed E-state index contributed by atoms with van der Waals surface area (Å²) in [7, 11) is 0. The summed E-state index contributed by atoms with van der Waals surface area (Å²) in [5, 5.41) is 0. The molecule has 0 aliphatic heterocycles. The zero-order valence-electron chi connectivity index (χ0n) is 37.0. The third-order valence-corrected chi connectivity index (χ3v) is 13.8. The fraction of sp³-hybridized carbons (Fsp3) is 0.500. The van der Waals surface area contributed by atoms with E-state index in [0.717, 1.165) is 34.1 Å². The smallest absolute Gasteiger partial charge is 0.159 e. The van der Waals surface area contributed by atoms with Gasteiger partial charge in [0.2, 0.25) is 0 Å². The standard InChI is InChI=1S/C56H70F4O/c1-3-5-7-9-11-13-41-15-19-45(20-16-41)51(47-27-23-43(24-28-47)49-31-33-53(57)55(59)39-49)35-37-61-38-36-52(46-21-17-42(18-22-46)14-12-10-8-6-4-2)48-29-25-44(26-30-48)50-32-34-54(58)56(60)40-50/h23-36,39-42,45-46H,3-22,37-38H2,1-2H3. The van der Waals surface area contributed by atoms with Crippen molar-refractivity contribution in [2.75, 3.05) is 13.2 Å². The zero-order valence-corrected chi connectivity index (χ0v) is 37.0. The van der Waals surface area contributed by atoms with E-state index in [9.17, 15) is 17.6 Å². The highest BCUT2D eigenvalue weighted by Gasteiger charge is 2.26. The molecule has 1 nitrogen and oxygen atoms in total. The maximum Gasteiger partial charge on any atom is 0.159 e. The first-order valence-electron chi connectivity index (χ1n) is 23.9. The Hall–Kier alpha value is -3.96. The molecule has 2 saturated carbocycles. The van der Waals surface area contributed by atoms with Crippen molar-refractivity contribution < 1.29 is 22.3 Å². The van der Waals surface area contributed by atoms with Crippen molar-refractivity contribution in [1.29, 1.82) is 0 Å². The normalized spacial score (nSPS) is 20.0. The number of hydrogen-bond donors (Lipinski definition) is 0. The molecule has 2 fully saturated rings. The van der Waals surface area contributed by atoms with E-state index < -0.39 is 23.3 Å². The van der Waals surface area contributed by atoms with Crippen LogP contribution in [0.4, 0.5) is 17.6 Å². The molecular weight excluding hydrogens is 765 g/mol. The molecule has 4 aromatic rings. The Bertz CT molecular complexity index is 1820. The summed E-state index contributed by atoms with van der Waals surface area (Å²) >= 11 is 0. The van der Waals surface area contributed by atoms with Crippen LogP contribution in [0.15, 0.2) is 97.1 Å². The lowest BCUT2D eigenvalue weighted by Crippen LogP contribution is -2.17. The van der Waals surface area contributed by atoms with Gasteiger partial charge in [0, 0.05) is 0 Å². The summed E-state index contributed by atoms with van der Waals surface area (Å²) in [5.74, 6) is -0.820. The number of ether oxygens (including phenoxy) is 1. The summed E-state index contributed by atoms with van der Waals surface area (Å²) in [5.41, 5.74) is 8.03. The van der Waals surface area contributed by atoms with E-state index in [4.69, 9.17) is 4.74 Å². The minimum atomic E-state index is -0.836. The van der Waals surface area contributed by atoms with Crippen LogP contribution in [0.25, 0.3) is 33.4 Å². The summed E-state index contributed by atoms with van der Waals surface area (Å²) in [4.78, 5) is 0. The Morgan fingerprint density at radius 3 is 1.16 bits per heavy atom. The molecule has 5 heteroatoms. The molecule has 4 aromatic carbocycles. The van der Waals surface area contributed by atoms with Crippen molar-refractivity contribution in [3.63, 3.8) is 0 Å². The van der Waals surface area contributed by atoms with Crippen LogP contribution in [0, 0.1) is 46.9 Å². The summed E-state index contributed by atoms with van der Waals surface area (Å²) in [6.07, 6.45) is 30.3. The summed E-state index contributed by atoms with van der Waals surface area (Å²) in [6, 6.07) is 24.8. The van der Waals surface area contributed by atoms with Crippen molar-refractivity contribution in [3.05, 3.63) is 131 Å². The molecule has 0 amide bonds. The van der Waals surface area contributed by atoms with Crippen molar-refractivity contribution in [2.24, 2.45) is 23.7 Å². The zero-order chi connectivity index (χ0) is 42.8. The van der Waals surface area contributed by atoms with E-state index in [0.29, 0.717) is 36.2 Å². The van der Waals surface area contributed by atoms with E-state index in [1.807, 2.05) is 24.3 Å². The minimum Gasteiger partial charge on any atom is -0.373 e. The van der Waals surface area contributed by atoms with Gasteiger partial charge in [-0.05, 0) is 144 Å². The summed E-state index contributed by atoms with van der Waals surface area (Å²) < 4.78 is 62.0. The van der Waals surface area contributed by atoms with Gasteiger partial charge in [-0.3, -0.25) is 0 Å². The molecular formula is C56H70F4O. The number of hydrogen-bond acceptors (Lipinski definition) is 1. The molecule has 0 atom stereocenters. The maximum absolute atomic E-state index is 14.1. The summed E-state index contributed by atoms with van der Waals surface area (Å²) in [6.45, 7) is 5.55. The molecule has 328 valence electrons. The van der Waals surface area contributed by atoms with Crippen LogP contribution in [-0.2, 0) is 4.74 Å². The fourth-order valence-electron chi connectivity index (χ4n) is 10.1. The highest BCUT2D eigenvalue weighted by atomic mass is 19.2. The van der Waals surface area contributed by atoms with Gasteiger partial charge in [0.1, 0.15) is 0 Å². The molecule has 0 heterocycles. The molecule has 0 saturated heterocycles. The first-order valence-corrected chi connectivity index (χ1v) is 23.9. The highest BCUT2D eigenvalue weighted by molar-refractivity contribution is 5.73. The monoisotopic (exact) mass is 835 g/mol. The van der Waals surface area contributed by atoms with E-state index in [-0.39, 0.29) is 0 Å². The molecule has 0 N–H and O–H groups in total. The third kappa shape index (κ3) is 14.0. The molecule has 0 bridgehead atoms. The molecule has 0 aromatic heterocycles. The number of rotatable bonds is 22. The van der Waals surface area contributed by atoms with Crippen LogP contribution in [0.5, 0.6) is 0 Å². The topological polar surface area (TPSA) is 9.23 Å². The lowest BCUT2D eigenvalue weighted by atomic mass is 9.75. The first-order chi connectivity index (χ1) is 29.8. The second kappa shape index (κ2) is 24.6. The third-order valence-electron chi connectivity index (χ3n) is 13.8. The van der Waals surface area contributed by atoms with Crippen LogP contribution in [0.2, 0.25) is 0 Å². The van der Waals surface area contributed by atoms with Gasteiger partial charge in [0.05, 0.1) is 13.2 Å². The predicted molar refractivity (Wildman–Crippen MR) is 248 cm³/mol. The fourth-order valence-corrected chi connectivity index (χ4v) is 10.1. The Kier molecular flexibility index (Phi) is 18.8. The maximum atomic E-state index is 14.1. The van der Waals surface area contributed by atoms with E-state index in [2.05, 4.69) is 50.3 Å². The number of halogens is 4. The van der Waals surface area contributed by atoms with Gasteiger partial charge in [-0.2, -0.15) is 0 Å². The molecule has 6 rings (SSSR count). The van der Waals surface area contributed by atoms with Crippen molar-refractivity contribution in [1.82, 2.24) is 0 Å². The quantitative estimate of drug-likeness (QED) is 0.0566. The second-order valence-corrected chi connectivity index (χ2v) is 18.1. The van der Waals surface area contributed by atoms with Crippen molar-refractivity contribution in [2.45, 2.75) is 142 Å². The number of allylic oxidation sites excluding steroid dienone is 2. The van der Waals surface area contributed by atoms with E-state index >= 15 is 0 Å². The van der Waals surface area contributed by atoms with Crippen molar-refractivity contribution in [3.8, 4) is 22.3 Å². The highest BCUT2D eigenvalue weighted by Crippen LogP contribution is 2.42. The lowest BCUT2D eigenvalue weighted by molar-refractivity contribution is 0.193. The molecule has 61 heavy (non-hydrogen) atoms. The average Bonchev–Trinajstić information content (AvgIpc) is 3.29. The van der Waals surface area contributed by atoms with Gasteiger partial charge < -0.3 is 4.74 Å². The van der Waals surface area contributed by atoms with Crippen LogP contribution in [-0.4, -0.2) is 13.2 Å². The molecule has 2 aliphatic rings. The Labute approximate surface area is 365 Å². The lowest BCUT2D eigenvalue weighted by Gasteiger charge is -2.31. The molecule has 0 spiro atoms. The first kappa shape index (κ1) is 46.5.